The van der Waals surface area contributed by atoms with Gasteiger partial charge in [-0.3, -0.25) is 24.0 Å². The van der Waals surface area contributed by atoms with E-state index < -0.39 is 50.1 Å². The molecule has 2 rings (SSSR count). The molecule has 0 spiro atoms. The lowest BCUT2D eigenvalue weighted by Gasteiger charge is -2.24. The minimum absolute atomic E-state index is 0.0993. The summed E-state index contributed by atoms with van der Waals surface area (Å²) in [6.07, 6.45) is 0.478. The fourth-order valence-corrected chi connectivity index (χ4v) is 5.66. The highest BCUT2D eigenvalue weighted by atomic mass is 28.3. The summed E-state index contributed by atoms with van der Waals surface area (Å²) in [4.78, 5) is 64.1. The summed E-state index contributed by atoms with van der Waals surface area (Å²) < 4.78 is 10.9. The Morgan fingerprint density at radius 1 is 0.796 bits per heavy atom. The van der Waals surface area contributed by atoms with Crippen LogP contribution in [-0.2, 0) is 41.1 Å². The lowest BCUT2D eigenvalue weighted by Crippen LogP contribution is -2.57. The van der Waals surface area contributed by atoms with Gasteiger partial charge < -0.3 is 46.9 Å². The number of carbonyl (C=O) groups is 5. The smallest absolute Gasteiger partial charge is 0.248 e. The average molecular weight is 697 g/mol. The third-order valence-corrected chi connectivity index (χ3v) is 8.59. The van der Waals surface area contributed by atoms with Crippen molar-refractivity contribution < 1.29 is 33.4 Å². The van der Waals surface area contributed by atoms with Gasteiger partial charge in [0, 0.05) is 32.0 Å². The van der Waals surface area contributed by atoms with Crippen molar-refractivity contribution in [3.63, 3.8) is 0 Å². The van der Waals surface area contributed by atoms with E-state index in [1.54, 1.807) is 24.3 Å². The zero-order valence-corrected chi connectivity index (χ0v) is 29.3. The number of hydrogen-bond acceptors (Lipinski definition) is 10. The Morgan fingerprint density at radius 2 is 1.41 bits per heavy atom. The minimum Gasteiger partial charge on any atom is -0.378 e. The summed E-state index contributed by atoms with van der Waals surface area (Å²) in [5.74, 6) is -2.27. The molecule has 2 atom stereocenters. The number of nitrogens with one attached hydrogen (secondary N) is 6. The molecule has 0 unspecified atom stereocenters. The van der Waals surface area contributed by atoms with Gasteiger partial charge in [0.05, 0.1) is 39.2 Å². The first-order valence-electron chi connectivity index (χ1n) is 16.4. The van der Waals surface area contributed by atoms with Crippen LogP contribution in [0, 0.1) is 5.41 Å². The van der Waals surface area contributed by atoms with E-state index in [4.69, 9.17) is 20.3 Å². The van der Waals surface area contributed by atoms with Crippen LogP contribution in [0.3, 0.4) is 0 Å². The quantitative estimate of drug-likeness (QED) is 0.0433. The van der Waals surface area contributed by atoms with Gasteiger partial charge in [0.15, 0.2) is 5.78 Å². The lowest BCUT2D eigenvalue weighted by molar-refractivity contribution is -0.131. The molecule has 2 aromatic carbocycles. The van der Waals surface area contributed by atoms with Crippen molar-refractivity contribution in [3.05, 3.63) is 71.8 Å². The predicted molar refractivity (Wildman–Crippen MR) is 188 cm³/mol. The number of ketones is 1. The van der Waals surface area contributed by atoms with Crippen LogP contribution in [0.1, 0.15) is 37.8 Å². The summed E-state index contributed by atoms with van der Waals surface area (Å²) in [6, 6.07) is 16.6. The average Bonchev–Trinajstić information content (AvgIpc) is 3.09. The molecule has 4 amide bonds. The maximum atomic E-state index is 13.5. The molecule has 0 bridgehead atoms. The Hall–Kier alpha value is -4.28. The van der Waals surface area contributed by atoms with Crippen LogP contribution in [0.5, 0.6) is 0 Å². The monoisotopic (exact) mass is 696 g/mol. The van der Waals surface area contributed by atoms with Crippen LogP contribution in [0.2, 0.25) is 0 Å². The second kappa shape index (κ2) is 23.9. The van der Waals surface area contributed by atoms with Crippen molar-refractivity contribution in [1.29, 1.82) is 5.41 Å². The second-order valence-electron chi connectivity index (χ2n) is 11.5. The normalized spacial score (nSPS) is 12.2. The standard InChI is InChI=1S/C34H50N7O7Si/c1-25(2)37-15-17-47-19-20-48-18-16-38-31(43)23-39-32(44)30(21-26-9-5-3-6-10-26)40-33(45)29(14-13-28(42)22-35)41-34(46)49(36)24-27-11-7-4-8-12-27/h3-12,22,25,29-30,35,37H,13-21,23-24,36H2,1-2H3,(H,38,43)(H,39,44)(H,40,45)(H,41,46)/t29-,30-/m0/s1. The molecule has 15 heteroatoms. The summed E-state index contributed by atoms with van der Waals surface area (Å²) >= 11 is 0. The number of nitrogens with two attached hydrogens (primary N) is 1. The first-order valence-corrected chi connectivity index (χ1v) is 18.1. The van der Waals surface area contributed by atoms with Gasteiger partial charge in [-0.05, 0) is 23.6 Å². The number of ether oxygens (including phenoxy) is 2. The molecule has 0 aliphatic rings. The molecular weight excluding hydrogens is 647 g/mol. The van der Waals surface area contributed by atoms with Gasteiger partial charge in [-0.1, -0.05) is 74.5 Å². The maximum Gasteiger partial charge on any atom is 0.248 e. The fraction of sp³-hybridized carbons (Fsp3) is 0.471. The Bertz CT molecular complexity index is 1320. The summed E-state index contributed by atoms with van der Waals surface area (Å²) in [7, 11) is -2.12. The van der Waals surface area contributed by atoms with Crippen LogP contribution >= 0.6 is 0 Å². The van der Waals surface area contributed by atoms with E-state index >= 15 is 0 Å². The Labute approximate surface area is 289 Å². The first kappa shape index (κ1) is 40.9. The highest BCUT2D eigenvalue weighted by Crippen LogP contribution is 2.07. The minimum atomic E-state index is -2.12. The van der Waals surface area contributed by atoms with Gasteiger partial charge in [0.2, 0.25) is 32.2 Å². The largest absolute Gasteiger partial charge is 0.378 e. The fourth-order valence-electron chi connectivity index (χ4n) is 4.46. The highest BCUT2D eigenvalue weighted by Gasteiger charge is 2.29. The van der Waals surface area contributed by atoms with E-state index in [1.165, 1.54) is 0 Å². The molecule has 2 aromatic rings. The summed E-state index contributed by atoms with van der Waals surface area (Å²) in [5, 5.41) is 27.2. The Kier molecular flexibility index (Phi) is 20.0. The molecule has 14 nitrogen and oxygen atoms in total. The molecule has 0 heterocycles. The van der Waals surface area contributed by atoms with Crippen molar-refractivity contribution in [3.8, 4) is 0 Å². The molecule has 0 saturated carbocycles. The molecule has 0 aliphatic heterocycles. The number of Topliss-reactive ketones (excluding diaryl/α,β-unsaturated/α-hetero) is 1. The number of rotatable bonds is 25. The van der Waals surface area contributed by atoms with Gasteiger partial charge in [-0.2, -0.15) is 0 Å². The van der Waals surface area contributed by atoms with Crippen LogP contribution < -0.4 is 32.0 Å². The van der Waals surface area contributed by atoms with E-state index in [0.717, 1.165) is 17.7 Å². The first-order chi connectivity index (χ1) is 23.6. The third-order valence-electron chi connectivity index (χ3n) is 7.07. The molecule has 0 aliphatic carbocycles. The zero-order valence-electron chi connectivity index (χ0n) is 28.3. The molecule has 8 N–H and O–H groups in total. The van der Waals surface area contributed by atoms with Gasteiger partial charge in [0.25, 0.3) is 0 Å². The SMILES string of the molecule is CC(C)NCCOCCOCCNC(=O)CNC(=O)[C@H](Cc1ccccc1)NC(=O)[C@H](CCC(=O)C=N)NC(=O)[Si](N)Cc1ccccc1. The van der Waals surface area contributed by atoms with E-state index in [-0.39, 0.29) is 39.0 Å². The van der Waals surface area contributed by atoms with Gasteiger partial charge in [-0.25, -0.2) is 0 Å². The van der Waals surface area contributed by atoms with Crippen molar-refractivity contribution in [2.75, 3.05) is 46.1 Å². The van der Waals surface area contributed by atoms with Crippen LogP contribution in [0.4, 0.5) is 4.79 Å². The number of amides is 4. The summed E-state index contributed by atoms with van der Waals surface area (Å²) in [5.41, 5.74) is 1.12. The Balaban J connectivity index is 1.94. The van der Waals surface area contributed by atoms with Crippen LogP contribution in [0.25, 0.3) is 0 Å². The molecule has 49 heavy (non-hydrogen) atoms. The van der Waals surface area contributed by atoms with E-state index in [1.807, 2.05) is 36.4 Å². The van der Waals surface area contributed by atoms with Gasteiger partial charge in [0.1, 0.15) is 12.1 Å². The Morgan fingerprint density at radius 3 is 2.02 bits per heavy atom. The molecule has 1 radical (unpaired) electrons. The van der Waals surface area contributed by atoms with Crippen LogP contribution in [0.15, 0.2) is 60.7 Å². The van der Waals surface area contributed by atoms with Crippen molar-refractivity contribution in [1.82, 2.24) is 26.6 Å². The number of benzene rings is 2. The van der Waals surface area contributed by atoms with E-state index in [9.17, 15) is 24.0 Å². The van der Waals surface area contributed by atoms with Crippen molar-refractivity contribution in [2.24, 2.45) is 5.40 Å². The lowest BCUT2D eigenvalue weighted by atomic mass is 10.0. The molecule has 0 aromatic heterocycles. The van der Waals surface area contributed by atoms with E-state index in [0.29, 0.717) is 38.1 Å². The molecular formula is C34H50N7O7Si. The highest BCUT2D eigenvalue weighted by molar-refractivity contribution is 6.87. The zero-order chi connectivity index (χ0) is 35.9. The molecule has 267 valence electrons. The topological polar surface area (TPSA) is 214 Å². The predicted octanol–water partition coefficient (Wildman–Crippen LogP) is 0.368. The van der Waals surface area contributed by atoms with E-state index in [2.05, 4.69) is 40.4 Å². The molecule has 0 saturated heterocycles. The number of carbonyl (C=O) groups excluding carboxylic acids is 5. The van der Waals surface area contributed by atoms with Gasteiger partial charge in [-0.15, -0.1) is 0 Å². The van der Waals surface area contributed by atoms with Gasteiger partial charge >= 0.3 is 0 Å². The number of hydrogen-bond donors (Lipinski definition) is 7. The van der Waals surface area contributed by atoms with Crippen molar-refractivity contribution in [2.45, 2.75) is 57.3 Å². The molecule has 0 fully saturated rings. The summed E-state index contributed by atoms with van der Waals surface area (Å²) in [6.45, 7) is 6.43. The third kappa shape index (κ3) is 18.2. The second-order valence-corrected chi connectivity index (χ2v) is 13.4. The van der Waals surface area contributed by atoms with Crippen molar-refractivity contribution >= 4 is 44.2 Å². The maximum absolute atomic E-state index is 13.5. The van der Waals surface area contributed by atoms with Crippen LogP contribution in [-0.4, -0.2) is 108 Å².